The fourth-order valence-corrected chi connectivity index (χ4v) is 0.969. The van der Waals surface area contributed by atoms with Crippen LogP contribution in [0.1, 0.15) is 26.7 Å². The van der Waals surface area contributed by atoms with E-state index in [2.05, 4.69) is 5.32 Å². The molecule has 82 valence electrons. The Morgan fingerprint density at radius 2 is 2.14 bits per heavy atom. The number of ether oxygens (including phenoxy) is 1. The number of carbonyl (C=O) groups is 2. The first kappa shape index (κ1) is 12.9. The largest absolute Gasteiger partial charge is 0.481 e. The van der Waals surface area contributed by atoms with Crippen molar-refractivity contribution in [3.63, 3.8) is 0 Å². The van der Waals surface area contributed by atoms with Crippen LogP contribution in [0.4, 0.5) is 0 Å². The van der Waals surface area contributed by atoms with Gasteiger partial charge >= 0.3 is 5.97 Å². The first-order chi connectivity index (χ1) is 6.56. The van der Waals surface area contributed by atoms with E-state index in [1.165, 1.54) is 0 Å². The van der Waals surface area contributed by atoms with Crippen molar-refractivity contribution in [3.05, 3.63) is 0 Å². The van der Waals surface area contributed by atoms with Crippen molar-refractivity contribution >= 4 is 11.9 Å². The van der Waals surface area contributed by atoms with Gasteiger partial charge < -0.3 is 15.2 Å². The summed E-state index contributed by atoms with van der Waals surface area (Å²) in [4.78, 5) is 21.4. The minimum atomic E-state index is -0.914. The lowest BCUT2D eigenvalue weighted by Gasteiger charge is -2.11. The summed E-state index contributed by atoms with van der Waals surface area (Å²) in [5.41, 5.74) is 0. The average Bonchev–Trinajstić information content (AvgIpc) is 2.02. The van der Waals surface area contributed by atoms with E-state index in [-0.39, 0.29) is 24.8 Å². The Balaban J connectivity index is 3.55. The molecule has 0 aromatic rings. The number of rotatable bonds is 7. The third kappa shape index (κ3) is 7.54. The second-order valence-corrected chi connectivity index (χ2v) is 3.01. The molecule has 5 heteroatoms. The number of carbonyl (C=O) groups excluding carboxylic acids is 1. The Morgan fingerprint density at radius 1 is 1.50 bits per heavy atom. The second-order valence-electron chi connectivity index (χ2n) is 3.01. The highest BCUT2D eigenvalue weighted by Crippen LogP contribution is 1.92. The second kappa shape index (κ2) is 7.32. The van der Waals surface area contributed by atoms with Gasteiger partial charge in [-0.2, -0.15) is 0 Å². The maximum absolute atomic E-state index is 11.1. The third-order valence-corrected chi connectivity index (χ3v) is 1.57. The lowest BCUT2D eigenvalue weighted by Crippen LogP contribution is -2.34. The summed E-state index contributed by atoms with van der Waals surface area (Å²) < 4.78 is 4.99. The van der Waals surface area contributed by atoms with E-state index in [0.29, 0.717) is 13.2 Å². The molecule has 0 spiro atoms. The van der Waals surface area contributed by atoms with Crippen molar-refractivity contribution in [2.45, 2.75) is 32.7 Å². The summed E-state index contributed by atoms with van der Waals surface area (Å²) in [5, 5.41) is 11.0. The first-order valence-electron chi connectivity index (χ1n) is 4.65. The summed E-state index contributed by atoms with van der Waals surface area (Å²) in [6.07, 6.45) is 0.220. The zero-order chi connectivity index (χ0) is 11.0. The SMILES string of the molecule is CCOCCC(=O)NC(C)CC(=O)O. The summed E-state index contributed by atoms with van der Waals surface area (Å²) in [5.74, 6) is -1.09. The molecule has 1 atom stereocenters. The minimum Gasteiger partial charge on any atom is -0.481 e. The van der Waals surface area contributed by atoms with Gasteiger partial charge in [0.15, 0.2) is 0 Å². The predicted octanol–water partition coefficient (Wildman–Crippen LogP) is 0.392. The van der Waals surface area contributed by atoms with Gasteiger partial charge in [0.05, 0.1) is 13.0 Å². The van der Waals surface area contributed by atoms with Gasteiger partial charge in [-0.25, -0.2) is 0 Å². The van der Waals surface area contributed by atoms with Gasteiger partial charge in [0.25, 0.3) is 0 Å². The molecule has 0 heterocycles. The van der Waals surface area contributed by atoms with E-state index < -0.39 is 5.97 Å². The van der Waals surface area contributed by atoms with Gasteiger partial charge in [-0.05, 0) is 13.8 Å². The molecule has 2 N–H and O–H groups in total. The number of carboxylic acids is 1. The lowest BCUT2D eigenvalue weighted by molar-refractivity contribution is -0.137. The topological polar surface area (TPSA) is 75.6 Å². The molecule has 0 aliphatic rings. The number of aliphatic carboxylic acids is 1. The molecule has 0 rings (SSSR count). The fourth-order valence-electron chi connectivity index (χ4n) is 0.969. The van der Waals surface area contributed by atoms with Gasteiger partial charge in [-0.15, -0.1) is 0 Å². The molecule has 1 unspecified atom stereocenters. The molecule has 0 aliphatic heterocycles. The van der Waals surface area contributed by atoms with E-state index in [4.69, 9.17) is 9.84 Å². The van der Waals surface area contributed by atoms with Crippen LogP contribution >= 0.6 is 0 Å². The summed E-state index contributed by atoms with van der Waals surface area (Å²) in [6.45, 7) is 4.47. The van der Waals surface area contributed by atoms with Crippen molar-refractivity contribution < 1.29 is 19.4 Å². The van der Waals surface area contributed by atoms with E-state index in [9.17, 15) is 9.59 Å². The van der Waals surface area contributed by atoms with Crippen LogP contribution in [-0.2, 0) is 14.3 Å². The van der Waals surface area contributed by atoms with E-state index in [0.717, 1.165) is 0 Å². The van der Waals surface area contributed by atoms with Crippen LogP contribution in [0, 0.1) is 0 Å². The zero-order valence-electron chi connectivity index (χ0n) is 8.58. The van der Waals surface area contributed by atoms with E-state index in [1.54, 1.807) is 6.92 Å². The van der Waals surface area contributed by atoms with Gasteiger partial charge in [-0.3, -0.25) is 9.59 Å². The molecule has 0 saturated heterocycles. The molecule has 0 aromatic carbocycles. The smallest absolute Gasteiger partial charge is 0.305 e. The highest BCUT2D eigenvalue weighted by molar-refractivity contribution is 5.77. The number of hydrogen-bond acceptors (Lipinski definition) is 3. The first-order valence-corrected chi connectivity index (χ1v) is 4.65. The van der Waals surface area contributed by atoms with Crippen molar-refractivity contribution in [2.24, 2.45) is 0 Å². The number of carboxylic acid groups (broad SMARTS) is 1. The van der Waals surface area contributed by atoms with Crippen LogP contribution in [0.15, 0.2) is 0 Å². The number of amides is 1. The zero-order valence-corrected chi connectivity index (χ0v) is 8.58. The molecular formula is C9H17NO4. The molecule has 1 amide bonds. The molecule has 0 aromatic heterocycles. The molecule has 0 bridgehead atoms. The van der Waals surface area contributed by atoms with E-state index >= 15 is 0 Å². The number of hydrogen-bond donors (Lipinski definition) is 2. The Labute approximate surface area is 83.4 Å². The normalized spacial score (nSPS) is 12.1. The Morgan fingerprint density at radius 3 is 2.64 bits per heavy atom. The van der Waals surface area contributed by atoms with Gasteiger partial charge in [0, 0.05) is 19.1 Å². The Bertz CT molecular complexity index is 193. The monoisotopic (exact) mass is 203 g/mol. The van der Waals surface area contributed by atoms with Crippen molar-refractivity contribution in [3.8, 4) is 0 Å². The van der Waals surface area contributed by atoms with Crippen LogP contribution < -0.4 is 5.32 Å². The summed E-state index contributed by atoms with van der Waals surface area (Å²) >= 11 is 0. The average molecular weight is 203 g/mol. The molecule has 5 nitrogen and oxygen atoms in total. The molecule has 14 heavy (non-hydrogen) atoms. The Kier molecular flexibility index (Phi) is 6.74. The minimum absolute atomic E-state index is 0.0552. The highest BCUT2D eigenvalue weighted by Gasteiger charge is 2.10. The van der Waals surface area contributed by atoms with Crippen LogP contribution in [-0.4, -0.2) is 36.2 Å². The number of nitrogens with one attached hydrogen (secondary N) is 1. The fraction of sp³-hybridized carbons (Fsp3) is 0.778. The van der Waals surface area contributed by atoms with Crippen LogP contribution in [0.5, 0.6) is 0 Å². The standard InChI is InChI=1S/C9H17NO4/c1-3-14-5-4-8(11)10-7(2)6-9(12)13/h7H,3-6H2,1-2H3,(H,10,11)(H,12,13). The Hall–Kier alpha value is -1.10. The molecule has 0 aliphatic carbocycles. The van der Waals surface area contributed by atoms with Crippen LogP contribution in [0.3, 0.4) is 0 Å². The van der Waals surface area contributed by atoms with Gasteiger partial charge in [-0.1, -0.05) is 0 Å². The molecular weight excluding hydrogens is 186 g/mol. The maximum atomic E-state index is 11.1. The van der Waals surface area contributed by atoms with Crippen molar-refractivity contribution in [1.82, 2.24) is 5.32 Å². The van der Waals surface area contributed by atoms with Crippen molar-refractivity contribution in [1.29, 1.82) is 0 Å². The lowest BCUT2D eigenvalue weighted by atomic mass is 10.2. The van der Waals surface area contributed by atoms with Gasteiger partial charge in [0.2, 0.25) is 5.91 Å². The third-order valence-electron chi connectivity index (χ3n) is 1.57. The quantitative estimate of drug-likeness (QED) is 0.587. The summed E-state index contributed by atoms with van der Waals surface area (Å²) in [6, 6.07) is -0.332. The van der Waals surface area contributed by atoms with E-state index in [1.807, 2.05) is 6.92 Å². The van der Waals surface area contributed by atoms with Gasteiger partial charge in [0.1, 0.15) is 0 Å². The summed E-state index contributed by atoms with van der Waals surface area (Å²) in [7, 11) is 0. The van der Waals surface area contributed by atoms with Crippen molar-refractivity contribution in [2.75, 3.05) is 13.2 Å². The molecule has 0 fully saturated rings. The van der Waals surface area contributed by atoms with Crippen LogP contribution in [0.2, 0.25) is 0 Å². The maximum Gasteiger partial charge on any atom is 0.305 e. The molecule has 0 saturated carbocycles. The molecule has 0 radical (unpaired) electrons. The van der Waals surface area contributed by atoms with Crippen LogP contribution in [0.25, 0.3) is 0 Å². The highest BCUT2D eigenvalue weighted by atomic mass is 16.5. The predicted molar refractivity (Wildman–Crippen MR) is 51.0 cm³/mol.